The largest absolute Gasteiger partial charge is 0.488 e. The topological polar surface area (TPSA) is 29.5 Å². The Kier molecular flexibility index (Phi) is 4.76. The highest BCUT2D eigenvalue weighted by molar-refractivity contribution is 9.10. The van der Waals surface area contributed by atoms with Crippen LogP contribution in [-0.4, -0.2) is 5.11 Å². The van der Waals surface area contributed by atoms with Gasteiger partial charge in [-0.2, -0.15) is 0 Å². The van der Waals surface area contributed by atoms with Crippen molar-refractivity contribution in [3.05, 3.63) is 58.1 Å². The van der Waals surface area contributed by atoms with Crippen LogP contribution in [0.25, 0.3) is 0 Å². The second-order valence-electron chi connectivity index (χ2n) is 3.95. The highest BCUT2D eigenvalue weighted by Gasteiger charge is 2.03. The average Bonchev–Trinajstić information content (AvgIpc) is 2.39. The van der Waals surface area contributed by atoms with E-state index in [-0.39, 0.29) is 6.61 Å². The summed E-state index contributed by atoms with van der Waals surface area (Å²) in [6.07, 6.45) is 0. The molecule has 1 unspecified atom stereocenters. The van der Waals surface area contributed by atoms with E-state index in [1.807, 2.05) is 42.5 Å². The molecule has 0 aliphatic rings. The summed E-state index contributed by atoms with van der Waals surface area (Å²) in [4.78, 5) is 0. The smallest absolute Gasteiger partial charge is 0.134 e. The van der Waals surface area contributed by atoms with Gasteiger partial charge in [0.2, 0.25) is 0 Å². The summed E-state index contributed by atoms with van der Waals surface area (Å²) in [5.74, 6) is 0.780. The predicted molar refractivity (Wildman–Crippen MR) is 80.2 cm³/mol. The van der Waals surface area contributed by atoms with Crippen molar-refractivity contribution in [2.75, 3.05) is 0 Å². The van der Waals surface area contributed by atoms with Crippen LogP contribution in [-0.2, 0) is 13.2 Å². The van der Waals surface area contributed by atoms with E-state index in [1.54, 1.807) is 0 Å². The van der Waals surface area contributed by atoms with E-state index in [0.29, 0.717) is 6.61 Å². The summed E-state index contributed by atoms with van der Waals surface area (Å²) in [5, 5.41) is 10.2. The molecule has 1 N–H and O–H groups in total. The van der Waals surface area contributed by atoms with E-state index in [1.165, 1.54) is 0 Å². The first-order valence-corrected chi connectivity index (χ1v) is 6.92. The second kappa shape index (κ2) is 6.33. The molecule has 4 heteroatoms. The van der Waals surface area contributed by atoms with Gasteiger partial charge < -0.3 is 9.84 Å². The maximum absolute atomic E-state index is 9.02. The van der Waals surface area contributed by atoms with Gasteiger partial charge in [0.1, 0.15) is 12.4 Å². The minimum Gasteiger partial charge on any atom is -0.488 e. The van der Waals surface area contributed by atoms with E-state index in [2.05, 4.69) is 25.2 Å². The van der Waals surface area contributed by atoms with Crippen molar-refractivity contribution in [3.8, 4) is 5.75 Å². The molecule has 0 spiro atoms. The van der Waals surface area contributed by atoms with Crippen LogP contribution >= 0.6 is 25.2 Å². The summed E-state index contributed by atoms with van der Waals surface area (Å²) in [6.45, 7) is 0.566. The molecule has 2 rings (SSSR count). The summed E-state index contributed by atoms with van der Waals surface area (Å²) >= 11 is 3.43. The van der Waals surface area contributed by atoms with Crippen LogP contribution in [0.1, 0.15) is 11.1 Å². The van der Waals surface area contributed by atoms with Gasteiger partial charge in [-0.3, -0.25) is 0 Å². The average molecular weight is 325 g/mol. The number of hydrogen-bond acceptors (Lipinski definition) is 2. The van der Waals surface area contributed by atoms with Gasteiger partial charge in [0.15, 0.2) is 0 Å². The fourth-order valence-electron chi connectivity index (χ4n) is 1.53. The van der Waals surface area contributed by atoms with Gasteiger partial charge in [0.05, 0.1) is 11.1 Å². The second-order valence-corrected chi connectivity index (χ2v) is 5.47. The summed E-state index contributed by atoms with van der Waals surface area (Å²) in [5.41, 5.74) is 1.99. The lowest BCUT2D eigenvalue weighted by atomic mass is 10.2. The number of halogens is 1. The number of benzene rings is 2. The molecule has 0 heterocycles. The Morgan fingerprint density at radius 1 is 1.06 bits per heavy atom. The van der Waals surface area contributed by atoms with Crippen molar-refractivity contribution in [2.24, 2.45) is 0 Å². The molecule has 18 heavy (non-hydrogen) atoms. The maximum atomic E-state index is 9.02. The van der Waals surface area contributed by atoms with Gasteiger partial charge >= 0.3 is 0 Å². The molecule has 94 valence electrons. The van der Waals surface area contributed by atoms with Crippen LogP contribution in [0.5, 0.6) is 5.75 Å². The highest BCUT2D eigenvalue weighted by Crippen LogP contribution is 2.26. The van der Waals surface area contributed by atoms with Gasteiger partial charge in [-0.15, -0.1) is 9.24 Å². The van der Waals surface area contributed by atoms with Crippen molar-refractivity contribution in [1.29, 1.82) is 0 Å². The van der Waals surface area contributed by atoms with Crippen LogP contribution in [0.3, 0.4) is 0 Å². The minimum atomic E-state index is 0.0362. The number of aliphatic hydroxyl groups excluding tert-OH is 1. The molecule has 0 aromatic heterocycles. The SMILES string of the molecule is OCc1ccc(OCc2ccc(P)cc2)c(Br)c1. The third kappa shape index (κ3) is 3.55. The Bertz CT molecular complexity index is 526. The molecule has 0 amide bonds. The Labute approximate surface area is 117 Å². The lowest BCUT2D eigenvalue weighted by molar-refractivity contribution is 0.280. The number of ether oxygens (including phenoxy) is 1. The zero-order valence-electron chi connectivity index (χ0n) is 9.77. The molecule has 2 nitrogen and oxygen atoms in total. The molecule has 0 bridgehead atoms. The Hall–Kier alpha value is -0.890. The minimum absolute atomic E-state index is 0.0362. The molecule has 0 saturated heterocycles. The molecule has 0 radical (unpaired) electrons. The Balaban J connectivity index is 2.04. The van der Waals surface area contributed by atoms with Crippen LogP contribution in [0, 0.1) is 0 Å². The first kappa shape index (κ1) is 13.5. The zero-order valence-corrected chi connectivity index (χ0v) is 12.5. The fourth-order valence-corrected chi connectivity index (χ4v) is 2.27. The number of aliphatic hydroxyl groups is 1. The van der Waals surface area contributed by atoms with Gasteiger partial charge in [-0.25, -0.2) is 0 Å². The predicted octanol–water partition coefficient (Wildman–Crippen LogP) is 3.02. The molecule has 2 aromatic rings. The summed E-state index contributed by atoms with van der Waals surface area (Å²) < 4.78 is 6.58. The maximum Gasteiger partial charge on any atom is 0.134 e. The third-order valence-corrected chi connectivity index (χ3v) is 3.56. The molecule has 2 aromatic carbocycles. The van der Waals surface area contributed by atoms with E-state index in [4.69, 9.17) is 9.84 Å². The lowest BCUT2D eigenvalue weighted by Crippen LogP contribution is -1.98. The highest BCUT2D eigenvalue weighted by atomic mass is 79.9. The fraction of sp³-hybridized carbons (Fsp3) is 0.143. The van der Waals surface area contributed by atoms with Crippen LogP contribution in [0.2, 0.25) is 0 Å². The van der Waals surface area contributed by atoms with Crippen molar-refractivity contribution in [3.63, 3.8) is 0 Å². The molecular formula is C14H14BrO2P. The summed E-state index contributed by atoms with van der Waals surface area (Å²) in [6, 6.07) is 13.7. The van der Waals surface area contributed by atoms with Crippen LogP contribution < -0.4 is 10.0 Å². The molecule has 0 saturated carbocycles. The van der Waals surface area contributed by atoms with Gasteiger partial charge in [0.25, 0.3) is 0 Å². The van der Waals surface area contributed by atoms with E-state index in [0.717, 1.165) is 26.7 Å². The molecule has 0 aliphatic heterocycles. The Morgan fingerprint density at radius 2 is 1.72 bits per heavy atom. The molecule has 0 fully saturated rings. The van der Waals surface area contributed by atoms with Crippen molar-refractivity contribution in [2.45, 2.75) is 13.2 Å². The monoisotopic (exact) mass is 324 g/mol. The number of hydrogen-bond donors (Lipinski definition) is 1. The van der Waals surface area contributed by atoms with Crippen molar-refractivity contribution < 1.29 is 9.84 Å². The summed E-state index contributed by atoms with van der Waals surface area (Å²) in [7, 11) is 2.66. The van der Waals surface area contributed by atoms with E-state index in [9.17, 15) is 0 Å². The normalized spacial score (nSPS) is 10.4. The third-order valence-electron chi connectivity index (χ3n) is 2.55. The Morgan fingerprint density at radius 3 is 2.33 bits per heavy atom. The van der Waals surface area contributed by atoms with E-state index < -0.39 is 0 Å². The van der Waals surface area contributed by atoms with Crippen LogP contribution in [0.4, 0.5) is 0 Å². The van der Waals surface area contributed by atoms with Gasteiger partial charge in [-0.05, 0) is 44.5 Å². The number of rotatable bonds is 4. The van der Waals surface area contributed by atoms with Crippen LogP contribution in [0.15, 0.2) is 46.9 Å². The molecule has 0 aliphatic carbocycles. The molecule has 1 atom stereocenters. The zero-order chi connectivity index (χ0) is 13.0. The van der Waals surface area contributed by atoms with Gasteiger partial charge in [0, 0.05) is 0 Å². The molecular weight excluding hydrogens is 311 g/mol. The standard InChI is InChI=1S/C14H14BrO2P/c15-13-7-11(8-16)3-6-14(13)17-9-10-1-4-12(18)5-2-10/h1-7,16H,8-9,18H2. The van der Waals surface area contributed by atoms with Gasteiger partial charge in [-0.1, -0.05) is 30.3 Å². The lowest BCUT2D eigenvalue weighted by Gasteiger charge is -2.09. The first-order chi connectivity index (χ1) is 8.69. The van der Waals surface area contributed by atoms with E-state index >= 15 is 0 Å². The van der Waals surface area contributed by atoms with Crippen molar-refractivity contribution in [1.82, 2.24) is 0 Å². The van der Waals surface area contributed by atoms with Crippen molar-refractivity contribution >= 4 is 30.5 Å². The first-order valence-electron chi connectivity index (χ1n) is 5.55. The quantitative estimate of drug-likeness (QED) is 0.876.